The van der Waals surface area contributed by atoms with E-state index in [0.29, 0.717) is 5.56 Å². The fraction of sp³-hybridized carbons (Fsp3) is 0.417. The number of ether oxygens (including phenoxy) is 1. The molecule has 1 amide bonds. The number of carbonyl (C=O) groups excluding carboxylic acids is 2. The summed E-state index contributed by atoms with van der Waals surface area (Å²) in [6.45, 7) is -0.0874. The number of esters is 1. The SMILES string of the molecule is O=C(COC(=O)C1(c2ccccc2)CCCC1)N(Cc1ccccc1F)C1CC1. The molecule has 2 aromatic rings. The van der Waals surface area contributed by atoms with Crippen LogP contribution in [0.15, 0.2) is 54.6 Å². The third kappa shape index (κ3) is 4.19. The second-order valence-corrected chi connectivity index (χ2v) is 8.08. The minimum absolute atomic E-state index is 0.107. The average Bonchev–Trinajstić information content (AvgIpc) is 3.46. The maximum Gasteiger partial charge on any atom is 0.317 e. The predicted molar refractivity (Wildman–Crippen MR) is 108 cm³/mol. The molecule has 29 heavy (non-hydrogen) atoms. The first-order valence-corrected chi connectivity index (χ1v) is 10.4. The van der Waals surface area contributed by atoms with Gasteiger partial charge in [0.15, 0.2) is 6.61 Å². The van der Waals surface area contributed by atoms with Crippen LogP contribution >= 0.6 is 0 Å². The van der Waals surface area contributed by atoms with E-state index in [-0.39, 0.29) is 36.9 Å². The van der Waals surface area contributed by atoms with Crippen molar-refractivity contribution in [2.24, 2.45) is 0 Å². The lowest BCUT2D eigenvalue weighted by molar-refractivity contribution is -0.157. The zero-order valence-electron chi connectivity index (χ0n) is 16.5. The van der Waals surface area contributed by atoms with E-state index in [2.05, 4.69) is 0 Å². The van der Waals surface area contributed by atoms with Crippen LogP contribution in [0.1, 0.15) is 49.7 Å². The van der Waals surface area contributed by atoms with E-state index in [9.17, 15) is 14.0 Å². The third-order valence-electron chi connectivity index (χ3n) is 6.11. The Hall–Kier alpha value is -2.69. The fourth-order valence-electron chi connectivity index (χ4n) is 4.31. The summed E-state index contributed by atoms with van der Waals surface area (Å²) in [5.74, 6) is -0.904. The van der Waals surface area contributed by atoms with Crippen molar-refractivity contribution in [2.75, 3.05) is 6.61 Å². The smallest absolute Gasteiger partial charge is 0.317 e. The molecule has 2 aliphatic carbocycles. The molecule has 4 rings (SSSR count). The molecular formula is C24H26FNO3. The van der Waals surface area contributed by atoms with E-state index in [1.165, 1.54) is 6.07 Å². The highest BCUT2D eigenvalue weighted by Crippen LogP contribution is 2.42. The van der Waals surface area contributed by atoms with Crippen LogP contribution in [-0.4, -0.2) is 29.4 Å². The van der Waals surface area contributed by atoms with Gasteiger partial charge in [0.05, 0.1) is 5.41 Å². The first kappa shape index (κ1) is 19.6. The molecule has 2 aliphatic rings. The van der Waals surface area contributed by atoms with Crippen LogP contribution in [0.5, 0.6) is 0 Å². The van der Waals surface area contributed by atoms with Crippen molar-refractivity contribution < 1.29 is 18.7 Å². The summed E-state index contributed by atoms with van der Waals surface area (Å²) in [5.41, 5.74) is 0.785. The Labute approximate surface area is 170 Å². The number of halogens is 1. The lowest BCUT2D eigenvalue weighted by atomic mass is 9.79. The molecule has 152 valence electrons. The molecule has 0 heterocycles. The molecule has 2 fully saturated rings. The maximum atomic E-state index is 14.0. The highest BCUT2D eigenvalue weighted by molar-refractivity contribution is 5.87. The molecule has 2 saturated carbocycles. The summed E-state index contributed by atoms with van der Waals surface area (Å²) in [6, 6.07) is 16.3. The molecule has 0 spiro atoms. The van der Waals surface area contributed by atoms with Gasteiger partial charge in [0.2, 0.25) is 0 Å². The van der Waals surface area contributed by atoms with E-state index in [0.717, 1.165) is 44.1 Å². The van der Waals surface area contributed by atoms with Gasteiger partial charge in [-0.1, -0.05) is 61.4 Å². The van der Waals surface area contributed by atoms with E-state index in [1.54, 1.807) is 23.1 Å². The van der Waals surface area contributed by atoms with Gasteiger partial charge in [-0.2, -0.15) is 0 Å². The molecule has 0 unspecified atom stereocenters. The first-order chi connectivity index (χ1) is 14.1. The predicted octanol–water partition coefficient (Wildman–Crippen LogP) is 4.37. The molecule has 5 heteroatoms. The van der Waals surface area contributed by atoms with Crippen LogP contribution in [0.4, 0.5) is 4.39 Å². The number of hydrogen-bond donors (Lipinski definition) is 0. The highest BCUT2D eigenvalue weighted by atomic mass is 19.1. The Bertz CT molecular complexity index is 873. The third-order valence-corrected chi connectivity index (χ3v) is 6.11. The summed E-state index contributed by atoms with van der Waals surface area (Å²) < 4.78 is 19.6. The van der Waals surface area contributed by atoms with Gasteiger partial charge in [0.1, 0.15) is 5.82 Å². The number of hydrogen-bond acceptors (Lipinski definition) is 3. The summed E-state index contributed by atoms with van der Waals surface area (Å²) in [5, 5.41) is 0. The second kappa shape index (κ2) is 8.36. The van der Waals surface area contributed by atoms with Crippen molar-refractivity contribution in [3.63, 3.8) is 0 Å². The molecule has 4 nitrogen and oxygen atoms in total. The van der Waals surface area contributed by atoms with Crippen LogP contribution in [-0.2, 0) is 26.3 Å². The van der Waals surface area contributed by atoms with Crippen molar-refractivity contribution in [1.29, 1.82) is 0 Å². The molecule has 0 bridgehead atoms. The van der Waals surface area contributed by atoms with Crippen molar-refractivity contribution in [2.45, 2.75) is 56.5 Å². The summed E-state index contributed by atoms with van der Waals surface area (Å²) in [7, 11) is 0. The minimum atomic E-state index is -0.655. The van der Waals surface area contributed by atoms with Crippen LogP contribution in [0.25, 0.3) is 0 Å². The van der Waals surface area contributed by atoms with Gasteiger partial charge in [0, 0.05) is 18.2 Å². The van der Waals surface area contributed by atoms with Crippen LogP contribution in [0.2, 0.25) is 0 Å². The van der Waals surface area contributed by atoms with Crippen LogP contribution in [0.3, 0.4) is 0 Å². The van der Waals surface area contributed by atoms with Gasteiger partial charge in [-0.3, -0.25) is 9.59 Å². The first-order valence-electron chi connectivity index (χ1n) is 10.4. The van der Waals surface area contributed by atoms with Crippen molar-refractivity contribution in [1.82, 2.24) is 4.90 Å². The Morgan fingerprint density at radius 1 is 1.00 bits per heavy atom. The Morgan fingerprint density at radius 2 is 1.66 bits per heavy atom. The largest absolute Gasteiger partial charge is 0.455 e. The Balaban J connectivity index is 1.43. The molecular weight excluding hydrogens is 369 g/mol. The molecule has 0 N–H and O–H groups in total. The van der Waals surface area contributed by atoms with Crippen molar-refractivity contribution >= 4 is 11.9 Å². The minimum Gasteiger partial charge on any atom is -0.455 e. The summed E-state index contributed by atoms with van der Waals surface area (Å²) in [6.07, 6.45) is 5.24. The molecule has 2 aromatic carbocycles. The number of benzene rings is 2. The van der Waals surface area contributed by atoms with Crippen molar-refractivity contribution in [3.8, 4) is 0 Å². The quantitative estimate of drug-likeness (QED) is 0.654. The van der Waals surface area contributed by atoms with Crippen LogP contribution in [0, 0.1) is 5.82 Å². The van der Waals surface area contributed by atoms with Crippen LogP contribution < -0.4 is 0 Å². The van der Waals surface area contributed by atoms with Gasteiger partial charge in [-0.15, -0.1) is 0 Å². The highest BCUT2D eigenvalue weighted by Gasteiger charge is 2.44. The van der Waals surface area contributed by atoms with E-state index in [1.807, 2.05) is 30.3 Å². The molecule has 0 aliphatic heterocycles. The number of nitrogens with zero attached hydrogens (tertiary/aromatic N) is 1. The molecule has 0 atom stereocenters. The standard InChI is InChI=1S/C24H26FNO3/c25-21-11-5-4-8-18(21)16-26(20-12-13-20)22(27)17-29-23(28)24(14-6-7-15-24)19-9-2-1-3-10-19/h1-5,8-11,20H,6-7,12-17H2. The lowest BCUT2D eigenvalue weighted by Gasteiger charge is -2.28. The average molecular weight is 395 g/mol. The van der Waals surface area contributed by atoms with Gasteiger partial charge in [-0.25, -0.2) is 4.39 Å². The summed E-state index contributed by atoms with van der Waals surface area (Å²) >= 11 is 0. The number of rotatable bonds is 7. The Kier molecular flexibility index (Phi) is 5.65. The van der Waals surface area contributed by atoms with Gasteiger partial charge < -0.3 is 9.64 Å². The lowest BCUT2D eigenvalue weighted by Crippen LogP contribution is -2.40. The molecule has 0 aromatic heterocycles. The maximum absolute atomic E-state index is 14.0. The molecule has 0 saturated heterocycles. The second-order valence-electron chi connectivity index (χ2n) is 8.08. The topological polar surface area (TPSA) is 46.6 Å². The van der Waals surface area contributed by atoms with Gasteiger partial charge in [0.25, 0.3) is 5.91 Å². The van der Waals surface area contributed by atoms with E-state index < -0.39 is 5.41 Å². The van der Waals surface area contributed by atoms with E-state index >= 15 is 0 Å². The van der Waals surface area contributed by atoms with Gasteiger partial charge >= 0.3 is 5.97 Å². The molecule has 0 radical (unpaired) electrons. The van der Waals surface area contributed by atoms with Crippen molar-refractivity contribution in [3.05, 3.63) is 71.5 Å². The van der Waals surface area contributed by atoms with Gasteiger partial charge in [-0.05, 0) is 37.3 Å². The Morgan fingerprint density at radius 3 is 2.31 bits per heavy atom. The van der Waals surface area contributed by atoms with E-state index in [4.69, 9.17) is 4.74 Å². The monoisotopic (exact) mass is 395 g/mol. The zero-order valence-corrected chi connectivity index (χ0v) is 16.5. The number of carbonyl (C=O) groups is 2. The fourth-order valence-corrected chi connectivity index (χ4v) is 4.31. The zero-order chi connectivity index (χ0) is 20.3. The normalized spacial score (nSPS) is 17.7. The number of amides is 1. The summed E-state index contributed by atoms with van der Waals surface area (Å²) in [4.78, 5) is 27.5.